The molecule has 0 amide bonds. The van der Waals surface area contributed by atoms with Crippen LogP contribution in [0.4, 0.5) is 0 Å². The van der Waals surface area contributed by atoms with Crippen molar-refractivity contribution in [2.45, 2.75) is 53.1 Å². The SMILES string of the molecule is Cc1ccc([C@H]2C[C@@H]2COc2nc(C)ncc2-c2ccc(OC(C)C)nc2C)nc1. The van der Waals surface area contributed by atoms with Gasteiger partial charge in [-0.3, -0.25) is 4.98 Å². The molecule has 6 heteroatoms. The van der Waals surface area contributed by atoms with E-state index in [0.29, 0.717) is 36.0 Å². The summed E-state index contributed by atoms with van der Waals surface area (Å²) in [4.78, 5) is 18.1. The molecule has 4 rings (SSSR count). The molecule has 30 heavy (non-hydrogen) atoms. The Morgan fingerprint density at radius 3 is 2.50 bits per heavy atom. The van der Waals surface area contributed by atoms with E-state index in [0.717, 1.165) is 28.9 Å². The van der Waals surface area contributed by atoms with Crippen LogP contribution in [0.5, 0.6) is 11.8 Å². The van der Waals surface area contributed by atoms with Crippen LogP contribution in [0.25, 0.3) is 11.1 Å². The molecule has 3 aromatic rings. The molecule has 0 radical (unpaired) electrons. The van der Waals surface area contributed by atoms with Crippen LogP contribution in [-0.2, 0) is 0 Å². The Balaban J connectivity index is 1.50. The molecule has 1 aliphatic carbocycles. The molecular formula is C24H28N4O2. The standard InChI is InChI=1S/C24H28N4O2/c1-14(2)30-23-9-7-19(16(4)27-23)21-12-25-17(5)28-24(21)29-13-18-10-20(18)22-8-6-15(3)11-26-22/h6-9,11-12,14,18,20H,10,13H2,1-5H3/t18-,20+/m1/s1. The van der Waals surface area contributed by atoms with Gasteiger partial charge < -0.3 is 9.47 Å². The second-order valence-electron chi connectivity index (χ2n) is 8.26. The lowest BCUT2D eigenvalue weighted by atomic mass is 10.1. The minimum atomic E-state index is 0.0823. The number of hydrogen-bond donors (Lipinski definition) is 0. The molecule has 156 valence electrons. The monoisotopic (exact) mass is 404 g/mol. The average Bonchev–Trinajstić information content (AvgIpc) is 3.47. The molecule has 2 atom stereocenters. The number of pyridine rings is 2. The number of nitrogens with zero attached hydrogens (tertiary/aromatic N) is 4. The van der Waals surface area contributed by atoms with E-state index in [1.54, 1.807) is 0 Å². The molecule has 1 aliphatic rings. The summed E-state index contributed by atoms with van der Waals surface area (Å²) in [6, 6.07) is 8.12. The fourth-order valence-corrected chi connectivity index (χ4v) is 3.55. The molecule has 0 aromatic carbocycles. The Bertz CT molecular complexity index is 1030. The molecule has 3 heterocycles. The smallest absolute Gasteiger partial charge is 0.224 e. The Labute approximate surface area is 177 Å². The van der Waals surface area contributed by atoms with E-state index >= 15 is 0 Å². The third-order valence-corrected chi connectivity index (χ3v) is 5.25. The molecule has 0 unspecified atom stereocenters. The van der Waals surface area contributed by atoms with Crippen molar-refractivity contribution in [2.24, 2.45) is 5.92 Å². The average molecular weight is 405 g/mol. The summed E-state index contributed by atoms with van der Waals surface area (Å²) in [7, 11) is 0. The van der Waals surface area contributed by atoms with Crippen LogP contribution in [0.3, 0.4) is 0 Å². The second-order valence-corrected chi connectivity index (χ2v) is 8.26. The molecule has 0 bridgehead atoms. The zero-order chi connectivity index (χ0) is 21.3. The molecule has 1 saturated carbocycles. The lowest BCUT2D eigenvalue weighted by Crippen LogP contribution is -2.08. The highest BCUT2D eigenvalue weighted by Crippen LogP contribution is 2.47. The van der Waals surface area contributed by atoms with Gasteiger partial charge in [0.2, 0.25) is 11.8 Å². The van der Waals surface area contributed by atoms with Crippen LogP contribution in [0, 0.1) is 26.7 Å². The molecule has 0 saturated heterocycles. The third-order valence-electron chi connectivity index (χ3n) is 5.25. The van der Waals surface area contributed by atoms with Crippen molar-refractivity contribution in [3.05, 3.63) is 59.4 Å². The zero-order valence-corrected chi connectivity index (χ0v) is 18.2. The molecule has 3 aromatic heterocycles. The first-order valence-corrected chi connectivity index (χ1v) is 10.4. The van der Waals surface area contributed by atoms with Crippen LogP contribution < -0.4 is 9.47 Å². The topological polar surface area (TPSA) is 70.0 Å². The predicted molar refractivity (Wildman–Crippen MR) is 116 cm³/mol. The highest BCUT2D eigenvalue weighted by molar-refractivity contribution is 5.70. The summed E-state index contributed by atoms with van der Waals surface area (Å²) in [5.41, 5.74) is 5.00. The van der Waals surface area contributed by atoms with E-state index in [2.05, 4.69) is 39.0 Å². The summed E-state index contributed by atoms with van der Waals surface area (Å²) < 4.78 is 11.9. The molecule has 0 N–H and O–H groups in total. The van der Waals surface area contributed by atoms with Gasteiger partial charge >= 0.3 is 0 Å². The van der Waals surface area contributed by atoms with E-state index in [1.165, 1.54) is 5.56 Å². The Morgan fingerprint density at radius 1 is 0.967 bits per heavy atom. The van der Waals surface area contributed by atoms with E-state index in [4.69, 9.17) is 9.47 Å². The van der Waals surface area contributed by atoms with Crippen LogP contribution in [0.2, 0.25) is 0 Å². The summed E-state index contributed by atoms with van der Waals surface area (Å²) in [5.74, 6) is 2.84. The van der Waals surface area contributed by atoms with E-state index < -0.39 is 0 Å². The van der Waals surface area contributed by atoms with E-state index in [9.17, 15) is 0 Å². The van der Waals surface area contributed by atoms with Crippen LogP contribution >= 0.6 is 0 Å². The lowest BCUT2D eigenvalue weighted by Gasteiger charge is -2.14. The highest BCUT2D eigenvalue weighted by Gasteiger charge is 2.40. The van der Waals surface area contributed by atoms with E-state index in [-0.39, 0.29) is 6.10 Å². The first-order chi connectivity index (χ1) is 14.4. The Morgan fingerprint density at radius 2 is 1.80 bits per heavy atom. The lowest BCUT2D eigenvalue weighted by molar-refractivity contribution is 0.232. The van der Waals surface area contributed by atoms with Gasteiger partial charge in [-0.25, -0.2) is 9.97 Å². The minimum absolute atomic E-state index is 0.0823. The van der Waals surface area contributed by atoms with Crippen molar-refractivity contribution in [1.82, 2.24) is 19.9 Å². The Kier molecular flexibility index (Phi) is 5.66. The summed E-state index contributed by atoms with van der Waals surface area (Å²) >= 11 is 0. The largest absolute Gasteiger partial charge is 0.477 e. The predicted octanol–water partition coefficient (Wildman–Crippen LogP) is 4.83. The number of aromatic nitrogens is 4. The summed E-state index contributed by atoms with van der Waals surface area (Å²) in [6.07, 6.45) is 4.92. The minimum Gasteiger partial charge on any atom is -0.477 e. The van der Waals surface area contributed by atoms with Crippen LogP contribution in [0.1, 0.15) is 49.0 Å². The van der Waals surface area contributed by atoms with Crippen LogP contribution in [-0.4, -0.2) is 32.6 Å². The quantitative estimate of drug-likeness (QED) is 0.562. The van der Waals surface area contributed by atoms with Gasteiger partial charge in [0.15, 0.2) is 0 Å². The maximum absolute atomic E-state index is 6.18. The first kappa shape index (κ1) is 20.3. The van der Waals surface area contributed by atoms with Gasteiger partial charge in [-0.15, -0.1) is 0 Å². The van der Waals surface area contributed by atoms with Crippen molar-refractivity contribution < 1.29 is 9.47 Å². The zero-order valence-electron chi connectivity index (χ0n) is 18.2. The fraction of sp³-hybridized carbons (Fsp3) is 0.417. The molecule has 1 fully saturated rings. The molecule has 6 nitrogen and oxygen atoms in total. The second kappa shape index (κ2) is 8.38. The van der Waals surface area contributed by atoms with Gasteiger partial charge in [0.1, 0.15) is 5.82 Å². The first-order valence-electron chi connectivity index (χ1n) is 10.4. The van der Waals surface area contributed by atoms with Crippen LogP contribution in [0.15, 0.2) is 36.7 Å². The number of aryl methyl sites for hydroxylation is 3. The maximum Gasteiger partial charge on any atom is 0.224 e. The summed E-state index contributed by atoms with van der Waals surface area (Å²) in [5, 5.41) is 0. The Hall–Kier alpha value is -3.02. The highest BCUT2D eigenvalue weighted by atomic mass is 16.5. The maximum atomic E-state index is 6.18. The van der Waals surface area contributed by atoms with Crippen molar-refractivity contribution in [3.8, 4) is 22.9 Å². The van der Waals surface area contributed by atoms with Crippen molar-refractivity contribution >= 4 is 0 Å². The van der Waals surface area contributed by atoms with Crippen molar-refractivity contribution in [2.75, 3.05) is 6.61 Å². The van der Waals surface area contributed by atoms with Crippen molar-refractivity contribution in [1.29, 1.82) is 0 Å². The van der Waals surface area contributed by atoms with Gasteiger partial charge in [0, 0.05) is 47.2 Å². The molecule has 0 spiro atoms. The van der Waals surface area contributed by atoms with Gasteiger partial charge in [-0.1, -0.05) is 6.07 Å². The van der Waals surface area contributed by atoms with E-state index in [1.807, 2.05) is 52.2 Å². The van der Waals surface area contributed by atoms with Gasteiger partial charge in [0.25, 0.3) is 0 Å². The normalized spacial score (nSPS) is 17.8. The number of rotatable bonds is 7. The third kappa shape index (κ3) is 4.58. The number of ether oxygens (including phenoxy) is 2. The molecule has 0 aliphatic heterocycles. The van der Waals surface area contributed by atoms with Gasteiger partial charge in [-0.05, 0) is 58.7 Å². The van der Waals surface area contributed by atoms with Gasteiger partial charge in [0.05, 0.1) is 18.3 Å². The van der Waals surface area contributed by atoms with Gasteiger partial charge in [-0.2, -0.15) is 4.98 Å². The fourth-order valence-electron chi connectivity index (χ4n) is 3.55. The van der Waals surface area contributed by atoms with Crippen molar-refractivity contribution in [3.63, 3.8) is 0 Å². The number of hydrogen-bond acceptors (Lipinski definition) is 6. The molecular weight excluding hydrogens is 376 g/mol. The summed E-state index contributed by atoms with van der Waals surface area (Å²) in [6.45, 7) is 10.5.